The average molecular weight is 298 g/mol. The Morgan fingerprint density at radius 1 is 1.71 bits per heavy atom. The highest BCUT2D eigenvalue weighted by atomic mass is 16.6. The Labute approximate surface area is 121 Å². The van der Waals surface area contributed by atoms with Crippen LogP contribution < -0.4 is 16.2 Å². The molecule has 0 aromatic carbocycles. The molecule has 2 rings (SSSR count). The minimum absolute atomic E-state index is 0.0837. The predicted octanol–water partition coefficient (Wildman–Crippen LogP) is -0.353. The molecule has 1 aromatic heterocycles. The molecule has 1 aliphatic rings. The molecule has 1 atom stereocenters. The second-order valence-electron chi connectivity index (χ2n) is 5.37. The number of anilines is 2. The van der Waals surface area contributed by atoms with E-state index in [-0.39, 0.29) is 24.1 Å². The Kier molecular flexibility index (Phi) is 4.21. The van der Waals surface area contributed by atoms with Crippen LogP contribution in [0.4, 0.5) is 17.5 Å². The summed E-state index contributed by atoms with van der Waals surface area (Å²) in [6.07, 6.45) is 0.658. The van der Waals surface area contributed by atoms with Crippen molar-refractivity contribution >= 4 is 17.5 Å². The molecule has 0 bridgehead atoms. The molecule has 116 valence electrons. The van der Waals surface area contributed by atoms with Gasteiger partial charge in [0.2, 0.25) is 11.8 Å². The van der Waals surface area contributed by atoms with Crippen molar-refractivity contribution in [2.75, 3.05) is 30.0 Å². The number of hydrogen-bond donors (Lipinski definition) is 3. The minimum Gasteiger partial charge on any atom is -0.394 e. The lowest BCUT2D eigenvalue weighted by Gasteiger charge is -2.42. The molecule has 1 unspecified atom stereocenters. The Balaban J connectivity index is 2.41. The van der Waals surface area contributed by atoms with Crippen molar-refractivity contribution in [2.24, 2.45) is 5.84 Å². The summed E-state index contributed by atoms with van der Waals surface area (Å²) < 4.78 is 5.69. The fourth-order valence-corrected chi connectivity index (χ4v) is 2.35. The number of rotatable bonds is 4. The zero-order valence-corrected chi connectivity index (χ0v) is 11.8. The molecule has 1 fully saturated rings. The van der Waals surface area contributed by atoms with E-state index in [9.17, 15) is 15.2 Å². The van der Waals surface area contributed by atoms with Crippen molar-refractivity contribution in [2.45, 2.75) is 25.6 Å². The molecule has 2 heterocycles. The minimum atomic E-state index is -0.569. The van der Waals surface area contributed by atoms with Gasteiger partial charge in [-0.15, -0.1) is 0 Å². The number of nitrogen functional groups attached to an aromatic ring is 1. The van der Waals surface area contributed by atoms with Crippen LogP contribution in [0, 0.1) is 10.1 Å². The van der Waals surface area contributed by atoms with Gasteiger partial charge in [0.05, 0.1) is 23.2 Å². The van der Waals surface area contributed by atoms with Gasteiger partial charge in [0.25, 0.3) is 0 Å². The van der Waals surface area contributed by atoms with Gasteiger partial charge in [-0.05, 0) is 13.8 Å². The van der Waals surface area contributed by atoms with Crippen molar-refractivity contribution < 1.29 is 14.8 Å². The number of hydrogen-bond acceptors (Lipinski definition) is 9. The maximum absolute atomic E-state index is 11.1. The van der Waals surface area contributed by atoms with E-state index in [1.54, 1.807) is 4.90 Å². The van der Waals surface area contributed by atoms with Crippen LogP contribution in [-0.2, 0) is 4.74 Å². The Hall–Kier alpha value is -2.04. The maximum Gasteiger partial charge on any atom is 0.329 e. The van der Waals surface area contributed by atoms with Crippen molar-refractivity contribution in [1.29, 1.82) is 0 Å². The Bertz CT molecular complexity index is 537. The summed E-state index contributed by atoms with van der Waals surface area (Å²) in [6, 6.07) is 0. The predicted molar refractivity (Wildman–Crippen MR) is 74.7 cm³/mol. The summed E-state index contributed by atoms with van der Waals surface area (Å²) in [5.41, 5.74) is 1.48. The van der Waals surface area contributed by atoms with Crippen LogP contribution in [0.3, 0.4) is 0 Å². The third-order valence-electron chi connectivity index (χ3n) is 3.06. The van der Waals surface area contributed by atoms with E-state index in [1.807, 2.05) is 13.8 Å². The monoisotopic (exact) mass is 298 g/mol. The molecule has 1 aliphatic heterocycles. The molecular weight excluding hydrogens is 280 g/mol. The van der Waals surface area contributed by atoms with Gasteiger partial charge in [0.1, 0.15) is 6.20 Å². The fourth-order valence-electron chi connectivity index (χ4n) is 2.35. The van der Waals surface area contributed by atoms with Gasteiger partial charge in [-0.25, -0.2) is 10.8 Å². The number of aliphatic hydroxyl groups excluding tert-OH is 1. The van der Waals surface area contributed by atoms with Gasteiger partial charge in [0.15, 0.2) is 0 Å². The zero-order valence-electron chi connectivity index (χ0n) is 11.8. The van der Waals surface area contributed by atoms with Crippen molar-refractivity contribution in [3.8, 4) is 0 Å². The molecule has 0 saturated carbocycles. The van der Waals surface area contributed by atoms with Crippen LogP contribution in [-0.4, -0.2) is 51.4 Å². The van der Waals surface area contributed by atoms with E-state index in [1.165, 1.54) is 0 Å². The van der Waals surface area contributed by atoms with Crippen LogP contribution in [0.5, 0.6) is 0 Å². The summed E-state index contributed by atoms with van der Waals surface area (Å²) in [5, 5.41) is 20.5. The molecule has 0 spiro atoms. The Morgan fingerprint density at radius 3 is 3.00 bits per heavy atom. The number of hydrazine groups is 1. The second-order valence-corrected chi connectivity index (χ2v) is 5.37. The quantitative estimate of drug-likeness (QED) is 0.386. The first kappa shape index (κ1) is 15.4. The van der Waals surface area contributed by atoms with E-state index in [4.69, 9.17) is 10.6 Å². The van der Waals surface area contributed by atoms with Crippen molar-refractivity contribution in [3.63, 3.8) is 0 Å². The van der Waals surface area contributed by atoms with Gasteiger partial charge < -0.3 is 14.7 Å². The van der Waals surface area contributed by atoms with E-state index in [0.29, 0.717) is 13.1 Å². The average Bonchev–Trinajstić information content (AvgIpc) is 2.44. The number of aromatic nitrogens is 2. The van der Waals surface area contributed by atoms with Gasteiger partial charge in [0, 0.05) is 13.1 Å². The number of aliphatic hydroxyl groups is 1. The lowest BCUT2D eigenvalue weighted by molar-refractivity contribution is -0.384. The van der Waals surface area contributed by atoms with E-state index >= 15 is 0 Å². The first-order valence-corrected chi connectivity index (χ1v) is 6.38. The van der Waals surface area contributed by atoms with Crippen LogP contribution in [0.15, 0.2) is 6.20 Å². The molecule has 10 heteroatoms. The first-order chi connectivity index (χ1) is 9.86. The molecule has 4 N–H and O–H groups in total. The second kappa shape index (κ2) is 5.76. The first-order valence-electron chi connectivity index (χ1n) is 6.38. The van der Waals surface area contributed by atoms with Gasteiger partial charge in [-0.1, -0.05) is 0 Å². The van der Waals surface area contributed by atoms with E-state index < -0.39 is 16.6 Å². The number of nitrogens with two attached hydrogens (primary N) is 1. The van der Waals surface area contributed by atoms with Crippen LogP contribution in [0.1, 0.15) is 13.8 Å². The molecular formula is C11H18N6O4. The molecule has 0 aliphatic carbocycles. The van der Waals surface area contributed by atoms with Crippen molar-refractivity contribution in [3.05, 3.63) is 16.3 Å². The van der Waals surface area contributed by atoms with E-state index in [0.717, 1.165) is 6.20 Å². The van der Waals surface area contributed by atoms with Crippen LogP contribution in [0.25, 0.3) is 0 Å². The highest BCUT2D eigenvalue weighted by Gasteiger charge is 2.36. The molecule has 10 nitrogen and oxygen atoms in total. The molecule has 1 aromatic rings. The number of nitro groups is 1. The largest absolute Gasteiger partial charge is 0.394 e. The van der Waals surface area contributed by atoms with E-state index in [2.05, 4.69) is 15.4 Å². The number of nitrogens with one attached hydrogen (secondary N) is 1. The fraction of sp³-hybridized carbons (Fsp3) is 0.636. The smallest absolute Gasteiger partial charge is 0.329 e. The summed E-state index contributed by atoms with van der Waals surface area (Å²) >= 11 is 0. The lowest BCUT2D eigenvalue weighted by Crippen LogP contribution is -2.54. The van der Waals surface area contributed by atoms with Gasteiger partial charge in [-0.2, -0.15) is 4.98 Å². The molecule has 0 radical (unpaired) electrons. The zero-order chi connectivity index (χ0) is 15.6. The van der Waals surface area contributed by atoms with Gasteiger partial charge in [-0.3, -0.25) is 15.5 Å². The standard InChI is InChI=1S/C11H18N6O4/c1-11(2)6-16(4-7(5-18)21-11)9-8(17(19)20)3-13-10(14-9)15-12/h3,7,18H,4-6,12H2,1-2H3,(H,13,14,15). The van der Waals surface area contributed by atoms with Gasteiger partial charge >= 0.3 is 5.69 Å². The number of ether oxygens (including phenoxy) is 1. The summed E-state index contributed by atoms with van der Waals surface area (Å²) in [5.74, 6) is 5.49. The highest BCUT2D eigenvalue weighted by Crippen LogP contribution is 2.31. The maximum atomic E-state index is 11.1. The lowest BCUT2D eigenvalue weighted by atomic mass is 10.1. The SMILES string of the molecule is CC1(C)CN(c2nc(NN)ncc2[N+](=O)[O-])CC(CO)O1. The summed E-state index contributed by atoms with van der Waals surface area (Å²) in [6.45, 7) is 4.20. The topological polar surface area (TPSA) is 140 Å². The number of morpholine rings is 1. The number of nitrogens with zero attached hydrogens (tertiary/aromatic N) is 4. The highest BCUT2D eigenvalue weighted by molar-refractivity contribution is 5.59. The van der Waals surface area contributed by atoms with Crippen LogP contribution >= 0.6 is 0 Å². The Morgan fingerprint density at radius 2 is 2.43 bits per heavy atom. The molecule has 1 saturated heterocycles. The van der Waals surface area contributed by atoms with Crippen LogP contribution in [0.2, 0.25) is 0 Å². The summed E-state index contributed by atoms with van der Waals surface area (Å²) in [7, 11) is 0. The van der Waals surface area contributed by atoms with Crippen molar-refractivity contribution in [1.82, 2.24) is 9.97 Å². The third kappa shape index (κ3) is 3.35. The summed E-state index contributed by atoms with van der Waals surface area (Å²) in [4.78, 5) is 20.1. The normalized spacial score (nSPS) is 21.1. The molecule has 0 amide bonds. The third-order valence-corrected chi connectivity index (χ3v) is 3.06. The molecule has 21 heavy (non-hydrogen) atoms.